The van der Waals surface area contributed by atoms with Crippen LogP contribution < -0.4 is 0 Å². The lowest BCUT2D eigenvalue weighted by molar-refractivity contribution is -0.149. The number of benzene rings is 1. The number of ether oxygens (including phenoxy) is 1. The molecule has 4 nitrogen and oxygen atoms in total. The van der Waals surface area contributed by atoms with E-state index in [0.29, 0.717) is 9.23 Å². The summed E-state index contributed by atoms with van der Waals surface area (Å²) in [6, 6.07) is 7.58. The van der Waals surface area contributed by atoms with E-state index < -0.39 is 5.97 Å². The topological polar surface area (TPSA) is 46.6 Å². The Bertz CT molecular complexity index is 641. The molecule has 1 aromatic rings. The molecule has 1 aliphatic rings. The molecule has 0 bridgehead atoms. The minimum atomic E-state index is -0.462. The Balaban J connectivity index is 2.11. The summed E-state index contributed by atoms with van der Waals surface area (Å²) >= 11 is 9.73. The Morgan fingerprint density at radius 2 is 2.05 bits per heavy atom. The third kappa shape index (κ3) is 4.41. The highest BCUT2D eigenvalue weighted by atomic mass is 79.9. The van der Waals surface area contributed by atoms with Crippen LogP contribution >= 0.6 is 39.9 Å². The largest absolute Gasteiger partial charge is 0.462 e. The maximum Gasteiger partial charge on any atom is 0.326 e. The lowest BCUT2D eigenvalue weighted by Gasteiger charge is -2.14. The molecule has 0 radical (unpaired) electrons. The van der Waals surface area contributed by atoms with Gasteiger partial charge in [-0.3, -0.25) is 14.5 Å². The molecule has 1 saturated heterocycles. The van der Waals surface area contributed by atoms with Gasteiger partial charge in [-0.25, -0.2) is 0 Å². The van der Waals surface area contributed by atoms with Gasteiger partial charge in [0, 0.05) is 4.47 Å². The Morgan fingerprint density at radius 3 is 2.64 bits per heavy atom. The number of amides is 1. The van der Waals surface area contributed by atoms with Crippen molar-refractivity contribution in [1.82, 2.24) is 4.90 Å². The van der Waals surface area contributed by atoms with E-state index in [-0.39, 0.29) is 18.6 Å². The minimum Gasteiger partial charge on any atom is -0.462 e. The van der Waals surface area contributed by atoms with Crippen molar-refractivity contribution in [1.29, 1.82) is 0 Å². The Hall–Kier alpha value is -1.18. The Labute approximate surface area is 147 Å². The van der Waals surface area contributed by atoms with Gasteiger partial charge in [-0.15, -0.1) is 0 Å². The highest BCUT2D eigenvalue weighted by Gasteiger charge is 2.33. The monoisotopic (exact) mass is 399 g/mol. The summed E-state index contributed by atoms with van der Waals surface area (Å²) in [4.78, 5) is 25.8. The van der Waals surface area contributed by atoms with Crippen LogP contribution in [0.1, 0.15) is 19.4 Å². The van der Waals surface area contributed by atoms with Crippen LogP contribution in [0.4, 0.5) is 0 Å². The van der Waals surface area contributed by atoms with Crippen molar-refractivity contribution >= 4 is 62.2 Å². The molecule has 1 fully saturated rings. The standard InChI is InChI=1S/C15H14BrNO3S2/c1-9(2)20-13(18)8-17-14(19)12(22-15(17)21)7-10-3-5-11(16)6-4-10/h3-7,9H,8H2,1-2H3. The summed E-state index contributed by atoms with van der Waals surface area (Å²) in [5, 5.41) is 0. The molecule has 0 atom stereocenters. The zero-order chi connectivity index (χ0) is 16.3. The van der Waals surface area contributed by atoms with Gasteiger partial charge in [-0.05, 0) is 37.6 Å². The molecule has 22 heavy (non-hydrogen) atoms. The van der Waals surface area contributed by atoms with Gasteiger partial charge < -0.3 is 4.74 Å². The normalized spacial score (nSPS) is 16.7. The van der Waals surface area contributed by atoms with Gasteiger partial charge in [0.05, 0.1) is 11.0 Å². The molecule has 2 rings (SSSR count). The summed E-state index contributed by atoms with van der Waals surface area (Å²) in [6.07, 6.45) is 1.55. The average molecular weight is 400 g/mol. The quantitative estimate of drug-likeness (QED) is 0.439. The molecule has 1 aliphatic heterocycles. The van der Waals surface area contributed by atoms with Crippen molar-refractivity contribution in [2.75, 3.05) is 6.54 Å². The van der Waals surface area contributed by atoms with Crippen LogP contribution in [-0.4, -0.2) is 33.7 Å². The van der Waals surface area contributed by atoms with Crippen LogP contribution in [0.5, 0.6) is 0 Å². The number of carbonyl (C=O) groups is 2. The zero-order valence-corrected chi connectivity index (χ0v) is 15.3. The van der Waals surface area contributed by atoms with E-state index in [1.54, 1.807) is 19.9 Å². The SMILES string of the molecule is CC(C)OC(=O)CN1C(=O)C(=Cc2ccc(Br)cc2)SC1=S. The summed E-state index contributed by atoms with van der Waals surface area (Å²) < 4.78 is 6.38. The second kappa shape index (κ2) is 7.39. The third-order valence-electron chi connectivity index (χ3n) is 2.70. The van der Waals surface area contributed by atoms with Gasteiger partial charge >= 0.3 is 5.97 Å². The van der Waals surface area contributed by atoms with E-state index >= 15 is 0 Å². The number of hydrogen-bond donors (Lipinski definition) is 0. The maximum absolute atomic E-state index is 12.3. The molecule has 0 aromatic heterocycles. The highest BCUT2D eigenvalue weighted by molar-refractivity contribution is 9.10. The van der Waals surface area contributed by atoms with Crippen molar-refractivity contribution in [2.24, 2.45) is 0 Å². The zero-order valence-electron chi connectivity index (χ0n) is 12.0. The summed E-state index contributed by atoms with van der Waals surface area (Å²) in [5.41, 5.74) is 0.897. The van der Waals surface area contributed by atoms with E-state index in [1.807, 2.05) is 24.3 Å². The predicted molar refractivity (Wildman–Crippen MR) is 95.2 cm³/mol. The van der Waals surface area contributed by atoms with Gasteiger partial charge in [-0.2, -0.15) is 0 Å². The molecule has 0 aliphatic carbocycles. The van der Waals surface area contributed by atoms with Gasteiger partial charge in [0.25, 0.3) is 5.91 Å². The first-order chi connectivity index (χ1) is 10.4. The molecular weight excluding hydrogens is 386 g/mol. The van der Waals surface area contributed by atoms with E-state index in [9.17, 15) is 9.59 Å². The number of hydrogen-bond acceptors (Lipinski definition) is 5. The molecule has 0 unspecified atom stereocenters. The van der Waals surface area contributed by atoms with Crippen molar-refractivity contribution < 1.29 is 14.3 Å². The van der Waals surface area contributed by atoms with E-state index in [4.69, 9.17) is 17.0 Å². The molecule has 1 amide bonds. The molecule has 0 saturated carbocycles. The Morgan fingerprint density at radius 1 is 1.41 bits per heavy atom. The molecule has 0 spiro atoms. The van der Waals surface area contributed by atoms with E-state index in [1.165, 1.54) is 16.7 Å². The summed E-state index contributed by atoms with van der Waals surface area (Å²) in [5.74, 6) is -0.727. The second-order valence-corrected chi connectivity index (χ2v) is 7.45. The summed E-state index contributed by atoms with van der Waals surface area (Å²) in [6.45, 7) is 3.37. The average Bonchev–Trinajstić information content (AvgIpc) is 2.68. The lowest BCUT2D eigenvalue weighted by Crippen LogP contribution is -2.35. The third-order valence-corrected chi connectivity index (χ3v) is 4.60. The molecule has 116 valence electrons. The van der Waals surface area contributed by atoms with Crippen LogP contribution in [0.25, 0.3) is 6.08 Å². The summed E-state index contributed by atoms with van der Waals surface area (Å²) in [7, 11) is 0. The number of rotatable bonds is 4. The first-order valence-electron chi connectivity index (χ1n) is 6.57. The number of carbonyl (C=O) groups excluding carboxylic acids is 2. The van der Waals surface area contributed by atoms with Crippen LogP contribution in [0.2, 0.25) is 0 Å². The van der Waals surface area contributed by atoms with Crippen molar-refractivity contribution in [3.63, 3.8) is 0 Å². The molecule has 0 N–H and O–H groups in total. The molecular formula is C15H14BrNO3S2. The van der Waals surface area contributed by atoms with Crippen LogP contribution in [0.15, 0.2) is 33.6 Å². The Kier molecular flexibility index (Phi) is 5.77. The van der Waals surface area contributed by atoms with Crippen molar-refractivity contribution in [2.45, 2.75) is 20.0 Å². The fraction of sp³-hybridized carbons (Fsp3) is 0.267. The van der Waals surface area contributed by atoms with E-state index in [2.05, 4.69) is 15.9 Å². The van der Waals surface area contributed by atoms with Crippen LogP contribution in [-0.2, 0) is 14.3 Å². The molecule has 7 heteroatoms. The lowest BCUT2D eigenvalue weighted by atomic mass is 10.2. The number of halogens is 1. The number of thioether (sulfide) groups is 1. The van der Waals surface area contributed by atoms with Gasteiger partial charge in [0.2, 0.25) is 0 Å². The van der Waals surface area contributed by atoms with Gasteiger partial charge in [0.15, 0.2) is 0 Å². The first-order valence-corrected chi connectivity index (χ1v) is 8.59. The minimum absolute atomic E-state index is 0.152. The highest BCUT2D eigenvalue weighted by Crippen LogP contribution is 2.32. The number of esters is 1. The number of nitrogens with zero attached hydrogens (tertiary/aromatic N) is 1. The van der Waals surface area contributed by atoms with Gasteiger partial charge in [0.1, 0.15) is 10.9 Å². The first kappa shape index (κ1) is 17.2. The molecule has 1 heterocycles. The maximum atomic E-state index is 12.3. The second-order valence-electron chi connectivity index (χ2n) is 4.86. The fourth-order valence-corrected chi connectivity index (χ4v) is 3.30. The van der Waals surface area contributed by atoms with Gasteiger partial charge in [-0.1, -0.05) is 52.0 Å². The van der Waals surface area contributed by atoms with Crippen LogP contribution in [0, 0.1) is 0 Å². The van der Waals surface area contributed by atoms with Crippen molar-refractivity contribution in [3.05, 3.63) is 39.2 Å². The van der Waals surface area contributed by atoms with E-state index in [0.717, 1.165) is 10.0 Å². The smallest absolute Gasteiger partial charge is 0.326 e. The fourth-order valence-electron chi connectivity index (χ4n) is 1.78. The van der Waals surface area contributed by atoms with Crippen molar-refractivity contribution in [3.8, 4) is 0 Å². The predicted octanol–water partition coefficient (Wildman–Crippen LogP) is 3.60. The number of thiocarbonyl (C=S) groups is 1. The van der Waals surface area contributed by atoms with Crippen LogP contribution in [0.3, 0.4) is 0 Å². The molecule has 1 aromatic carbocycles.